The van der Waals surface area contributed by atoms with Gasteiger partial charge in [-0.25, -0.2) is 0 Å². The number of hydrogen-bond acceptors (Lipinski definition) is 8. The maximum Gasteiger partial charge on any atom is 0.453 e. The molecule has 0 aliphatic heterocycles. The quantitative estimate of drug-likeness (QED) is 0.157. The normalized spacial score (nSPS) is 11.5. The van der Waals surface area contributed by atoms with Crippen LogP contribution in [0.1, 0.15) is 33.4 Å². The van der Waals surface area contributed by atoms with E-state index < -0.39 is 16.5 Å². The number of fused-ring (bicyclic) bond motifs is 10. The molecule has 0 radical (unpaired) electrons. The zero-order chi connectivity index (χ0) is 42.8. The lowest BCUT2D eigenvalue weighted by Crippen LogP contribution is -2.01. The molecule has 10 aromatic rings. The molecule has 0 atom stereocenters. The van der Waals surface area contributed by atoms with E-state index in [1.54, 1.807) is 14.2 Å². The molecule has 0 aliphatic rings. The Labute approximate surface area is 360 Å². The summed E-state index contributed by atoms with van der Waals surface area (Å²) in [6.07, 6.45) is 0. The predicted molar refractivity (Wildman–Crippen MR) is 253 cm³/mol. The maximum atomic E-state index is 7.15. The minimum Gasteiger partial charge on any atom is -0.497 e. The fourth-order valence-corrected chi connectivity index (χ4v) is 10.8. The highest BCUT2D eigenvalue weighted by atomic mass is 31.1. The molecule has 0 amide bonds. The highest BCUT2D eigenvalue weighted by molar-refractivity contribution is 7.32. The Hall–Kier alpha value is -6.72. The monoisotopic (exact) mass is 858 g/mol. The zero-order valence-corrected chi connectivity index (χ0v) is 37.5. The molecule has 0 aliphatic carbocycles. The van der Waals surface area contributed by atoms with Crippen molar-refractivity contribution in [2.24, 2.45) is 0 Å². The van der Waals surface area contributed by atoms with Crippen molar-refractivity contribution >= 4 is 81.9 Å². The van der Waals surface area contributed by atoms with Crippen LogP contribution in [-0.2, 0) is 0 Å². The first-order valence-corrected chi connectivity index (χ1v) is 22.6. The molecule has 0 spiro atoms. The van der Waals surface area contributed by atoms with E-state index in [1.165, 1.54) is 0 Å². The fraction of sp³-hybridized carbons (Fsp3) is 0.154. The minimum absolute atomic E-state index is 0.602. The third kappa shape index (κ3) is 6.71. The highest BCUT2D eigenvalue weighted by Crippen LogP contribution is 2.52. The standard InChI is InChI=1S/C52H44O8P2/c1-29-25-31(3)51(59-61-55-43-23-19-37(53-7)27-41(43)42-28-38(54-8)20-24-44(42)56-61)47(33(29)5)48-34(6)30(2)26-32(4)52(48)60-62-57-45-21-17-35-13-9-11-15-39(35)49(45)50-40-16-12-10-14-36(40)18-22-46(50)58-62/h9-28H,1-8H3. The number of hydrogen-bond donors (Lipinski definition) is 0. The van der Waals surface area contributed by atoms with E-state index in [-0.39, 0.29) is 0 Å². The van der Waals surface area contributed by atoms with Gasteiger partial charge in [-0.05, 0) is 145 Å². The summed E-state index contributed by atoms with van der Waals surface area (Å²) in [6, 6.07) is 40.7. The summed E-state index contributed by atoms with van der Waals surface area (Å²) in [6.45, 7) is 12.6. The lowest BCUT2D eigenvalue weighted by atomic mass is 9.87. The van der Waals surface area contributed by atoms with Gasteiger partial charge in [0.05, 0.1) is 14.2 Å². The Bertz CT molecular complexity index is 3370. The second-order valence-corrected chi connectivity index (χ2v) is 17.7. The molecule has 0 fully saturated rings. The second kappa shape index (κ2) is 15.6. The summed E-state index contributed by atoms with van der Waals surface area (Å²) in [5, 5.41) is 7.94. The van der Waals surface area contributed by atoms with Crippen molar-refractivity contribution in [2.75, 3.05) is 14.2 Å². The van der Waals surface area contributed by atoms with Gasteiger partial charge in [0.15, 0.2) is 0 Å². The Kier molecular flexibility index (Phi) is 9.94. The summed E-state index contributed by atoms with van der Waals surface area (Å²) in [5.74, 6) is 2.66. The molecule has 0 N–H and O–H groups in total. The summed E-state index contributed by atoms with van der Waals surface area (Å²) in [7, 11) is -0.772. The summed E-state index contributed by atoms with van der Waals surface area (Å²) >= 11 is 0. The Morgan fingerprint density at radius 3 is 1.19 bits per heavy atom. The topological polar surface area (TPSA) is 89.5 Å². The van der Waals surface area contributed by atoms with Gasteiger partial charge in [-0.15, -0.1) is 0 Å². The lowest BCUT2D eigenvalue weighted by molar-refractivity contribution is 0.415. The van der Waals surface area contributed by atoms with Crippen molar-refractivity contribution in [1.82, 2.24) is 0 Å². The minimum atomic E-state index is -2.03. The van der Waals surface area contributed by atoms with Gasteiger partial charge in [0.25, 0.3) is 0 Å². The van der Waals surface area contributed by atoms with Gasteiger partial charge < -0.3 is 35.3 Å². The van der Waals surface area contributed by atoms with Crippen LogP contribution in [0.3, 0.4) is 0 Å². The van der Waals surface area contributed by atoms with E-state index in [0.29, 0.717) is 45.3 Å². The molecular formula is C52H44O8P2. The first kappa shape index (κ1) is 39.4. The summed E-state index contributed by atoms with van der Waals surface area (Å²) < 4.78 is 52.5. The molecule has 10 heteroatoms. The highest BCUT2D eigenvalue weighted by Gasteiger charge is 2.26. The van der Waals surface area contributed by atoms with Gasteiger partial charge in [-0.3, -0.25) is 0 Å². The van der Waals surface area contributed by atoms with Crippen LogP contribution in [-0.4, -0.2) is 14.2 Å². The van der Waals surface area contributed by atoms with E-state index in [1.807, 2.05) is 48.5 Å². The van der Waals surface area contributed by atoms with E-state index >= 15 is 0 Å². The summed E-state index contributed by atoms with van der Waals surface area (Å²) in [5.41, 5.74) is 10.5. The molecule has 8 nitrogen and oxygen atoms in total. The van der Waals surface area contributed by atoms with Crippen molar-refractivity contribution in [3.63, 3.8) is 0 Å². The third-order valence-corrected chi connectivity index (χ3v) is 14.0. The van der Waals surface area contributed by atoms with E-state index in [2.05, 4.69) is 114 Å². The van der Waals surface area contributed by atoms with E-state index in [4.69, 9.17) is 35.3 Å². The number of methoxy groups -OCH3 is 2. The first-order chi connectivity index (χ1) is 30.1. The molecule has 0 unspecified atom stereocenters. The van der Waals surface area contributed by atoms with Crippen LogP contribution < -0.4 is 18.5 Å². The smallest absolute Gasteiger partial charge is 0.453 e. The second-order valence-electron chi connectivity index (χ2n) is 15.7. The van der Waals surface area contributed by atoms with Crippen molar-refractivity contribution in [1.29, 1.82) is 0 Å². The number of rotatable bonds is 7. The van der Waals surface area contributed by atoms with Crippen LogP contribution in [0.15, 0.2) is 138 Å². The number of aryl methyl sites for hydroxylation is 4. The van der Waals surface area contributed by atoms with E-state index in [0.717, 1.165) is 87.6 Å². The number of benzene rings is 8. The third-order valence-electron chi connectivity index (χ3n) is 11.9. The van der Waals surface area contributed by atoms with Gasteiger partial charge in [0, 0.05) is 32.7 Å². The Morgan fingerprint density at radius 1 is 0.387 bits per heavy atom. The SMILES string of the molecule is COc1ccc2op(Oc3c(C)cc(C)c(C)c3-c3c(C)c(C)cc(C)c3Op3oc4ccc5ccccc5c4c4c(ccc5ccccc54)o3)oc3ccc(OC)cc3c2c1. The van der Waals surface area contributed by atoms with Crippen LogP contribution in [0.25, 0.3) is 76.5 Å². The zero-order valence-electron chi connectivity index (χ0n) is 35.7. The van der Waals surface area contributed by atoms with Gasteiger partial charge >= 0.3 is 16.5 Å². The van der Waals surface area contributed by atoms with Gasteiger partial charge in [-0.2, -0.15) is 0 Å². The van der Waals surface area contributed by atoms with Crippen LogP contribution >= 0.6 is 16.5 Å². The molecule has 0 saturated carbocycles. The van der Waals surface area contributed by atoms with Crippen LogP contribution in [0.2, 0.25) is 0 Å². The molecule has 0 bridgehead atoms. The molecule has 62 heavy (non-hydrogen) atoms. The average Bonchev–Trinajstić information content (AvgIpc) is 3.54. The van der Waals surface area contributed by atoms with E-state index in [9.17, 15) is 0 Å². The first-order valence-electron chi connectivity index (χ1n) is 20.4. The van der Waals surface area contributed by atoms with Crippen molar-refractivity contribution in [2.45, 2.75) is 41.5 Å². The van der Waals surface area contributed by atoms with Crippen molar-refractivity contribution in [3.8, 4) is 34.1 Å². The Balaban J connectivity index is 1.21. The molecule has 2 aromatic heterocycles. The van der Waals surface area contributed by atoms with Crippen molar-refractivity contribution in [3.05, 3.63) is 155 Å². The Morgan fingerprint density at radius 2 is 0.774 bits per heavy atom. The predicted octanol–water partition coefficient (Wildman–Crippen LogP) is 16.4. The molecule has 2 heterocycles. The van der Waals surface area contributed by atoms with Crippen LogP contribution in [0.4, 0.5) is 0 Å². The van der Waals surface area contributed by atoms with Gasteiger partial charge in [-0.1, -0.05) is 72.8 Å². The van der Waals surface area contributed by atoms with Crippen LogP contribution in [0.5, 0.6) is 23.0 Å². The average molecular weight is 859 g/mol. The largest absolute Gasteiger partial charge is 0.497 e. The summed E-state index contributed by atoms with van der Waals surface area (Å²) in [4.78, 5) is 0. The van der Waals surface area contributed by atoms with Crippen LogP contribution in [0, 0.1) is 41.5 Å². The fourth-order valence-electron chi connectivity index (χ4n) is 8.57. The van der Waals surface area contributed by atoms with Crippen molar-refractivity contribution < 1.29 is 35.3 Å². The maximum absolute atomic E-state index is 7.15. The molecular weight excluding hydrogens is 815 g/mol. The number of ether oxygens (including phenoxy) is 2. The van der Waals surface area contributed by atoms with Gasteiger partial charge in [0.1, 0.15) is 45.3 Å². The lowest BCUT2D eigenvalue weighted by Gasteiger charge is -2.22. The van der Waals surface area contributed by atoms with Gasteiger partial charge in [0.2, 0.25) is 0 Å². The molecule has 10 rings (SSSR count). The molecule has 0 saturated heterocycles. The molecule has 8 aromatic carbocycles. The molecule has 310 valence electrons.